The van der Waals surface area contributed by atoms with E-state index >= 15 is 0 Å². The Morgan fingerprint density at radius 1 is 1.44 bits per heavy atom. The van der Waals surface area contributed by atoms with Crippen LogP contribution in [0.1, 0.15) is 25.3 Å². The number of hydrogen-bond donors (Lipinski definition) is 1. The van der Waals surface area contributed by atoms with Crippen molar-refractivity contribution in [2.75, 3.05) is 13.7 Å². The van der Waals surface area contributed by atoms with Gasteiger partial charge in [-0.15, -0.1) is 0 Å². The fourth-order valence-corrected chi connectivity index (χ4v) is 2.68. The highest BCUT2D eigenvalue weighted by Gasteiger charge is 2.35. The van der Waals surface area contributed by atoms with E-state index in [9.17, 15) is 4.79 Å². The Balaban J connectivity index is 3.09. The van der Waals surface area contributed by atoms with Gasteiger partial charge in [-0.2, -0.15) is 0 Å². The van der Waals surface area contributed by atoms with Crippen LogP contribution in [0.4, 0.5) is 4.79 Å². The molecule has 0 spiro atoms. The van der Waals surface area contributed by atoms with Crippen molar-refractivity contribution in [3.8, 4) is 0 Å². The number of amides is 1. The SMILES string of the molecule is COC[C@H](c1ccccc1I)C(C)(C)OC(N)=O. The normalized spacial score (nSPS) is 13.1. The molecule has 0 bridgehead atoms. The van der Waals surface area contributed by atoms with Gasteiger partial charge in [-0.3, -0.25) is 0 Å². The summed E-state index contributed by atoms with van der Waals surface area (Å²) in [7, 11) is 1.63. The van der Waals surface area contributed by atoms with Gasteiger partial charge in [0.2, 0.25) is 0 Å². The zero-order valence-electron chi connectivity index (χ0n) is 10.8. The number of primary amides is 1. The molecule has 0 fully saturated rings. The lowest BCUT2D eigenvalue weighted by Gasteiger charge is -2.33. The van der Waals surface area contributed by atoms with Gasteiger partial charge in [0.05, 0.1) is 6.61 Å². The zero-order chi connectivity index (χ0) is 13.8. The molecule has 0 radical (unpaired) electrons. The van der Waals surface area contributed by atoms with Gasteiger partial charge in [-0.25, -0.2) is 4.79 Å². The van der Waals surface area contributed by atoms with Crippen LogP contribution < -0.4 is 5.73 Å². The first-order chi connectivity index (χ1) is 8.38. The van der Waals surface area contributed by atoms with Crippen molar-refractivity contribution in [2.24, 2.45) is 5.73 Å². The molecule has 0 aliphatic heterocycles. The Hall–Kier alpha value is -0.820. The van der Waals surface area contributed by atoms with E-state index in [1.54, 1.807) is 7.11 Å². The predicted molar refractivity (Wildman–Crippen MR) is 78.5 cm³/mol. The molecule has 0 saturated carbocycles. The number of ether oxygens (including phenoxy) is 2. The number of hydrogen-bond acceptors (Lipinski definition) is 3. The molecule has 5 heteroatoms. The van der Waals surface area contributed by atoms with Crippen LogP contribution in [0.5, 0.6) is 0 Å². The molecular weight excluding hydrogens is 345 g/mol. The van der Waals surface area contributed by atoms with Crippen LogP contribution in [-0.4, -0.2) is 25.4 Å². The van der Waals surface area contributed by atoms with Crippen LogP contribution in [0.15, 0.2) is 24.3 Å². The topological polar surface area (TPSA) is 61.6 Å². The summed E-state index contributed by atoms with van der Waals surface area (Å²) < 4.78 is 11.6. The van der Waals surface area contributed by atoms with Gasteiger partial charge in [-0.1, -0.05) is 18.2 Å². The zero-order valence-corrected chi connectivity index (χ0v) is 12.9. The first-order valence-corrected chi connectivity index (χ1v) is 6.68. The molecule has 0 unspecified atom stereocenters. The van der Waals surface area contributed by atoms with E-state index in [0.29, 0.717) is 6.61 Å². The molecule has 1 atom stereocenters. The van der Waals surface area contributed by atoms with Gasteiger partial charge >= 0.3 is 6.09 Å². The van der Waals surface area contributed by atoms with Crippen molar-refractivity contribution in [3.05, 3.63) is 33.4 Å². The van der Waals surface area contributed by atoms with Crippen LogP contribution in [0.3, 0.4) is 0 Å². The standard InChI is InChI=1S/C13H18INO3/c1-13(2,18-12(15)16)10(8-17-3)9-6-4-5-7-11(9)14/h4-7,10H,8H2,1-3H3,(H2,15,16)/t10-/m1/s1. The van der Waals surface area contributed by atoms with Gasteiger partial charge < -0.3 is 15.2 Å². The molecule has 4 nitrogen and oxygen atoms in total. The molecule has 1 amide bonds. The number of nitrogens with two attached hydrogens (primary N) is 1. The highest BCUT2D eigenvalue weighted by atomic mass is 127. The second-order valence-electron chi connectivity index (χ2n) is 4.55. The number of halogens is 1. The molecule has 2 N–H and O–H groups in total. The molecular formula is C13H18INO3. The summed E-state index contributed by atoms with van der Waals surface area (Å²) in [4.78, 5) is 11.0. The quantitative estimate of drug-likeness (QED) is 0.819. The fourth-order valence-electron chi connectivity index (χ4n) is 1.92. The average molecular weight is 363 g/mol. The van der Waals surface area contributed by atoms with Gasteiger partial charge in [0.25, 0.3) is 0 Å². The monoisotopic (exact) mass is 363 g/mol. The minimum absolute atomic E-state index is 0.0666. The van der Waals surface area contributed by atoms with E-state index in [0.717, 1.165) is 9.13 Å². The van der Waals surface area contributed by atoms with Crippen LogP contribution >= 0.6 is 22.6 Å². The van der Waals surface area contributed by atoms with Gasteiger partial charge in [0, 0.05) is 16.6 Å². The van der Waals surface area contributed by atoms with E-state index < -0.39 is 11.7 Å². The summed E-state index contributed by atoms with van der Waals surface area (Å²) in [6.07, 6.45) is -0.771. The van der Waals surface area contributed by atoms with Crippen LogP contribution in [0, 0.1) is 3.57 Å². The lowest BCUT2D eigenvalue weighted by Crippen LogP contribution is -2.39. The minimum Gasteiger partial charge on any atom is -0.443 e. The third kappa shape index (κ3) is 3.84. The highest BCUT2D eigenvalue weighted by Crippen LogP contribution is 2.34. The summed E-state index contributed by atoms with van der Waals surface area (Å²) in [5, 5.41) is 0. The third-order valence-corrected chi connectivity index (χ3v) is 3.80. The second-order valence-corrected chi connectivity index (χ2v) is 5.72. The molecule has 0 saturated heterocycles. The Morgan fingerprint density at radius 3 is 2.56 bits per heavy atom. The van der Waals surface area contributed by atoms with E-state index in [2.05, 4.69) is 22.6 Å². The second kappa shape index (κ2) is 6.38. The molecule has 0 heterocycles. The van der Waals surface area contributed by atoms with Gasteiger partial charge in [0.1, 0.15) is 5.60 Å². The number of benzene rings is 1. The Bertz CT molecular complexity index is 420. The van der Waals surface area contributed by atoms with E-state index in [4.69, 9.17) is 15.2 Å². The Kier molecular flexibility index (Phi) is 5.40. The van der Waals surface area contributed by atoms with Crippen LogP contribution in [0.25, 0.3) is 0 Å². The average Bonchev–Trinajstić information content (AvgIpc) is 2.25. The highest BCUT2D eigenvalue weighted by molar-refractivity contribution is 14.1. The van der Waals surface area contributed by atoms with Crippen molar-refractivity contribution >= 4 is 28.7 Å². The molecule has 1 aromatic carbocycles. The lowest BCUT2D eigenvalue weighted by atomic mass is 9.85. The van der Waals surface area contributed by atoms with Crippen LogP contribution in [0.2, 0.25) is 0 Å². The summed E-state index contributed by atoms with van der Waals surface area (Å²) in [5.74, 6) is -0.0666. The number of carbonyl (C=O) groups is 1. The van der Waals surface area contributed by atoms with Gasteiger partial charge in [0.15, 0.2) is 0 Å². The maximum atomic E-state index is 11.0. The summed E-state index contributed by atoms with van der Waals surface area (Å²) in [5.41, 5.74) is 5.49. The van der Waals surface area contributed by atoms with Crippen molar-refractivity contribution in [1.82, 2.24) is 0 Å². The molecule has 18 heavy (non-hydrogen) atoms. The summed E-state index contributed by atoms with van der Waals surface area (Å²) >= 11 is 2.26. The van der Waals surface area contributed by atoms with E-state index in [1.165, 1.54) is 0 Å². The summed E-state index contributed by atoms with van der Waals surface area (Å²) in [6, 6.07) is 7.95. The third-order valence-electron chi connectivity index (χ3n) is 2.82. The Morgan fingerprint density at radius 2 is 2.06 bits per heavy atom. The lowest BCUT2D eigenvalue weighted by molar-refractivity contribution is 0.000441. The van der Waals surface area contributed by atoms with Crippen LogP contribution in [-0.2, 0) is 9.47 Å². The van der Waals surface area contributed by atoms with Crippen molar-refractivity contribution in [1.29, 1.82) is 0 Å². The number of carbonyl (C=O) groups excluding carboxylic acids is 1. The first-order valence-electron chi connectivity index (χ1n) is 5.60. The molecule has 0 aliphatic rings. The van der Waals surface area contributed by atoms with Crippen molar-refractivity contribution < 1.29 is 14.3 Å². The van der Waals surface area contributed by atoms with Crippen molar-refractivity contribution in [2.45, 2.75) is 25.4 Å². The Labute approximate surface area is 121 Å². The molecule has 0 aliphatic carbocycles. The maximum absolute atomic E-state index is 11.0. The largest absolute Gasteiger partial charge is 0.443 e. The molecule has 1 aromatic rings. The van der Waals surface area contributed by atoms with Gasteiger partial charge in [-0.05, 0) is 48.1 Å². The van der Waals surface area contributed by atoms with Crippen molar-refractivity contribution in [3.63, 3.8) is 0 Å². The number of methoxy groups -OCH3 is 1. The summed E-state index contributed by atoms with van der Waals surface area (Å²) in [6.45, 7) is 4.13. The fraction of sp³-hybridized carbons (Fsp3) is 0.462. The van der Waals surface area contributed by atoms with E-state index in [-0.39, 0.29) is 5.92 Å². The molecule has 0 aromatic heterocycles. The smallest absolute Gasteiger partial charge is 0.405 e. The molecule has 100 valence electrons. The number of rotatable bonds is 5. The molecule has 1 rings (SSSR count). The minimum atomic E-state index is -0.771. The van der Waals surface area contributed by atoms with E-state index in [1.807, 2.05) is 38.1 Å². The first kappa shape index (κ1) is 15.2. The predicted octanol–water partition coefficient (Wildman–Crippen LogP) is 2.90. The maximum Gasteiger partial charge on any atom is 0.405 e.